The lowest BCUT2D eigenvalue weighted by Gasteiger charge is -2.12. The third kappa shape index (κ3) is 6.19. The molecule has 0 aliphatic heterocycles. The summed E-state index contributed by atoms with van der Waals surface area (Å²) < 4.78 is 0. The maximum Gasteiger partial charge on any atom is 0.237 e. The van der Waals surface area contributed by atoms with Crippen LogP contribution in [0.15, 0.2) is 12.7 Å². The molecule has 0 fully saturated rings. The van der Waals surface area contributed by atoms with Crippen molar-refractivity contribution in [2.45, 2.75) is 13.8 Å². The Balaban J connectivity index is 3.73. The molecule has 1 atom stereocenters. The molecule has 0 heterocycles. The van der Waals surface area contributed by atoms with E-state index in [4.69, 9.17) is 5.26 Å². The fraction of sp³-hybridized carbons (Fsp3) is 0.636. The number of hydrogen-bond donors (Lipinski definition) is 1. The van der Waals surface area contributed by atoms with Gasteiger partial charge in [0.15, 0.2) is 0 Å². The van der Waals surface area contributed by atoms with Crippen LogP contribution < -0.4 is 5.32 Å². The van der Waals surface area contributed by atoms with Gasteiger partial charge in [0.05, 0.1) is 6.07 Å². The number of nitrogens with zero attached hydrogens (tertiary/aromatic N) is 1. The predicted octanol–water partition coefficient (Wildman–Crippen LogP) is 1.82. The van der Waals surface area contributed by atoms with Crippen LogP contribution in [0.2, 0.25) is 0 Å². The van der Waals surface area contributed by atoms with Gasteiger partial charge in [-0.2, -0.15) is 17.0 Å². The molecule has 0 aliphatic rings. The number of rotatable bonds is 7. The first-order chi connectivity index (χ1) is 7.13. The quantitative estimate of drug-likeness (QED) is 0.532. The number of carbonyl (C=O) groups excluding carboxylic acids is 1. The standard InChI is InChI=1S/C11H18N2OS/c1-4-6-15-7-5-13-11(14)10(8-12)9(2)3/h4,9-10H,1,5-7H2,2-3H3,(H,13,14). The Hall–Kier alpha value is -0.950. The van der Waals surface area contributed by atoms with E-state index >= 15 is 0 Å². The van der Waals surface area contributed by atoms with Gasteiger partial charge in [-0.05, 0) is 5.92 Å². The van der Waals surface area contributed by atoms with Gasteiger partial charge in [0, 0.05) is 18.1 Å². The predicted molar refractivity (Wildman–Crippen MR) is 64.5 cm³/mol. The Morgan fingerprint density at radius 3 is 2.80 bits per heavy atom. The first-order valence-corrected chi connectivity index (χ1v) is 6.15. The number of thioether (sulfide) groups is 1. The molecule has 1 N–H and O–H groups in total. The van der Waals surface area contributed by atoms with Crippen LogP contribution >= 0.6 is 11.8 Å². The summed E-state index contributed by atoms with van der Waals surface area (Å²) in [6.07, 6.45) is 1.83. The minimum absolute atomic E-state index is 0.0656. The molecule has 0 bridgehead atoms. The third-order valence-electron chi connectivity index (χ3n) is 1.87. The van der Waals surface area contributed by atoms with Crippen molar-refractivity contribution in [1.82, 2.24) is 5.32 Å². The molecule has 0 rings (SSSR count). The lowest BCUT2D eigenvalue weighted by Crippen LogP contribution is -2.34. The smallest absolute Gasteiger partial charge is 0.237 e. The zero-order valence-corrected chi connectivity index (χ0v) is 10.1. The zero-order chi connectivity index (χ0) is 11.7. The Morgan fingerprint density at radius 1 is 1.67 bits per heavy atom. The Bertz CT molecular complexity index is 245. The average Bonchev–Trinajstić information content (AvgIpc) is 2.18. The summed E-state index contributed by atoms with van der Waals surface area (Å²) in [4.78, 5) is 11.5. The molecule has 0 aromatic carbocycles. The Labute approximate surface area is 95.9 Å². The van der Waals surface area contributed by atoms with Gasteiger partial charge in [0.1, 0.15) is 5.92 Å². The van der Waals surface area contributed by atoms with Gasteiger partial charge in [0.2, 0.25) is 5.91 Å². The summed E-state index contributed by atoms with van der Waals surface area (Å²) in [5.41, 5.74) is 0. The van der Waals surface area contributed by atoms with E-state index < -0.39 is 5.92 Å². The van der Waals surface area contributed by atoms with E-state index in [0.717, 1.165) is 11.5 Å². The monoisotopic (exact) mass is 226 g/mol. The van der Waals surface area contributed by atoms with Crippen molar-refractivity contribution in [3.05, 3.63) is 12.7 Å². The number of nitrogens with one attached hydrogen (secondary N) is 1. The number of amides is 1. The SMILES string of the molecule is C=CCSCCNC(=O)C(C#N)C(C)C. The summed E-state index contributed by atoms with van der Waals surface area (Å²) in [6.45, 7) is 7.97. The molecule has 4 heteroatoms. The van der Waals surface area contributed by atoms with E-state index in [1.165, 1.54) is 0 Å². The molecule has 0 saturated carbocycles. The van der Waals surface area contributed by atoms with Crippen LogP contribution in [-0.4, -0.2) is 24.0 Å². The molecule has 3 nitrogen and oxygen atoms in total. The van der Waals surface area contributed by atoms with Crippen molar-refractivity contribution in [3.8, 4) is 6.07 Å². The largest absolute Gasteiger partial charge is 0.354 e. The number of hydrogen-bond acceptors (Lipinski definition) is 3. The fourth-order valence-corrected chi connectivity index (χ4v) is 1.61. The zero-order valence-electron chi connectivity index (χ0n) is 9.32. The lowest BCUT2D eigenvalue weighted by molar-refractivity contribution is -0.124. The highest BCUT2D eigenvalue weighted by molar-refractivity contribution is 7.99. The summed E-state index contributed by atoms with van der Waals surface area (Å²) in [7, 11) is 0. The van der Waals surface area contributed by atoms with E-state index in [2.05, 4.69) is 11.9 Å². The first kappa shape index (κ1) is 14.1. The van der Waals surface area contributed by atoms with Crippen LogP contribution in [0.3, 0.4) is 0 Å². The second-order valence-corrected chi connectivity index (χ2v) is 4.66. The van der Waals surface area contributed by atoms with E-state index in [-0.39, 0.29) is 11.8 Å². The minimum Gasteiger partial charge on any atom is -0.354 e. The van der Waals surface area contributed by atoms with Crippen LogP contribution in [0.5, 0.6) is 0 Å². The van der Waals surface area contributed by atoms with E-state index in [1.54, 1.807) is 11.8 Å². The van der Waals surface area contributed by atoms with Crippen LogP contribution in [0.1, 0.15) is 13.8 Å². The average molecular weight is 226 g/mol. The molecule has 1 amide bonds. The van der Waals surface area contributed by atoms with Gasteiger partial charge >= 0.3 is 0 Å². The fourth-order valence-electron chi connectivity index (χ4n) is 1.03. The van der Waals surface area contributed by atoms with Crippen LogP contribution in [0, 0.1) is 23.2 Å². The van der Waals surface area contributed by atoms with Gasteiger partial charge in [-0.15, -0.1) is 6.58 Å². The van der Waals surface area contributed by atoms with Crippen molar-refractivity contribution in [3.63, 3.8) is 0 Å². The molecule has 0 aromatic heterocycles. The molecule has 0 spiro atoms. The highest BCUT2D eigenvalue weighted by Gasteiger charge is 2.20. The van der Waals surface area contributed by atoms with Crippen LogP contribution in [-0.2, 0) is 4.79 Å². The molecule has 0 saturated heterocycles. The second kappa shape index (κ2) is 8.37. The summed E-state index contributed by atoms with van der Waals surface area (Å²) in [6, 6.07) is 2.02. The first-order valence-electron chi connectivity index (χ1n) is 4.99. The molecule has 84 valence electrons. The highest BCUT2D eigenvalue weighted by atomic mass is 32.2. The van der Waals surface area contributed by atoms with Gasteiger partial charge < -0.3 is 5.32 Å². The molecule has 0 radical (unpaired) electrons. The van der Waals surface area contributed by atoms with Gasteiger partial charge in [-0.3, -0.25) is 4.79 Å². The van der Waals surface area contributed by atoms with Crippen molar-refractivity contribution in [2.75, 3.05) is 18.1 Å². The highest BCUT2D eigenvalue weighted by Crippen LogP contribution is 2.09. The topological polar surface area (TPSA) is 52.9 Å². The van der Waals surface area contributed by atoms with E-state index in [0.29, 0.717) is 6.54 Å². The maximum absolute atomic E-state index is 11.5. The molecule has 0 aromatic rings. The van der Waals surface area contributed by atoms with Crippen molar-refractivity contribution in [1.29, 1.82) is 5.26 Å². The van der Waals surface area contributed by atoms with Crippen molar-refractivity contribution in [2.24, 2.45) is 11.8 Å². The molecule has 15 heavy (non-hydrogen) atoms. The van der Waals surface area contributed by atoms with E-state index in [9.17, 15) is 4.79 Å². The Morgan fingerprint density at radius 2 is 2.33 bits per heavy atom. The van der Waals surface area contributed by atoms with Crippen molar-refractivity contribution >= 4 is 17.7 Å². The summed E-state index contributed by atoms with van der Waals surface area (Å²) in [5, 5.41) is 11.5. The number of nitriles is 1. The van der Waals surface area contributed by atoms with Gasteiger partial charge in [-0.25, -0.2) is 0 Å². The molecule has 1 unspecified atom stereocenters. The molecule has 0 aliphatic carbocycles. The Kier molecular flexibility index (Phi) is 7.84. The normalized spacial score (nSPS) is 11.9. The van der Waals surface area contributed by atoms with Gasteiger partial charge in [-0.1, -0.05) is 19.9 Å². The molecular weight excluding hydrogens is 208 g/mol. The van der Waals surface area contributed by atoms with Gasteiger partial charge in [0.25, 0.3) is 0 Å². The maximum atomic E-state index is 11.5. The second-order valence-electron chi connectivity index (χ2n) is 3.51. The third-order valence-corrected chi connectivity index (χ3v) is 2.83. The van der Waals surface area contributed by atoms with Crippen LogP contribution in [0.4, 0.5) is 0 Å². The van der Waals surface area contributed by atoms with E-state index in [1.807, 2.05) is 26.0 Å². The van der Waals surface area contributed by atoms with Crippen molar-refractivity contribution < 1.29 is 4.79 Å². The van der Waals surface area contributed by atoms with Crippen LogP contribution in [0.25, 0.3) is 0 Å². The summed E-state index contributed by atoms with van der Waals surface area (Å²) >= 11 is 1.71. The number of carbonyl (C=O) groups is 1. The lowest BCUT2D eigenvalue weighted by atomic mass is 9.97. The minimum atomic E-state index is -0.533. The molecular formula is C11H18N2OS. The summed E-state index contributed by atoms with van der Waals surface area (Å²) in [5.74, 6) is 1.12.